The van der Waals surface area contributed by atoms with Crippen molar-refractivity contribution >= 4 is 0 Å². The number of nitrogens with zero attached hydrogens (tertiary/aromatic N) is 2. The first-order valence-corrected chi connectivity index (χ1v) is 6.96. The Bertz CT molecular complexity index is 558. The van der Waals surface area contributed by atoms with Crippen molar-refractivity contribution in [1.29, 1.82) is 0 Å². The van der Waals surface area contributed by atoms with Gasteiger partial charge in [-0.05, 0) is 31.4 Å². The van der Waals surface area contributed by atoms with Crippen LogP contribution in [0.4, 0.5) is 0 Å². The van der Waals surface area contributed by atoms with Crippen LogP contribution >= 0.6 is 0 Å². The standard InChI is InChI=1S/C16H23N3O/c1-13-4-3-5-14(10-13)16(11-17,12-20)8-6-15-7-9-18-19(15)2/h3-5,7,9-10,20H,6,8,11-12,17H2,1-2H3. The van der Waals surface area contributed by atoms with E-state index in [0.717, 1.165) is 24.1 Å². The maximum atomic E-state index is 9.92. The molecule has 0 fully saturated rings. The minimum absolute atomic E-state index is 0.0603. The van der Waals surface area contributed by atoms with E-state index < -0.39 is 0 Å². The van der Waals surface area contributed by atoms with E-state index in [9.17, 15) is 5.11 Å². The Labute approximate surface area is 120 Å². The highest BCUT2D eigenvalue weighted by atomic mass is 16.3. The molecule has 4 heteroatoms. The van der Waals surface area contributed by atoms with Crippen LogP contribution in [0.2, 0.25) is 0 Å². The van der Waals surface area contributed by atoms with Crippen LogP contribution in [0, 0.1) is 6.92 Å². The highest BCUT2D eigenvalue weighted by Gasteiger charge is 2.30. The molecule has 1 heterocycles. The fourth-order valence-electron chi connectivity index (χ4n) is 2.59. The number of hydrogen-bond donors (Lipinski definition) is 2. The van der Waals surface area contributed by atoms with E-state index >= 15 is 0 Å². The summed E-state index contributed by atoms with van der Waals surface area (Å²) < 4.78 is 1.87. The summed E-state index contributed by atoms with van der Waals surface area (Å²) in [4.78, 5) is 0. The summed E-state index contributed by atoms with van der Waals surface area (Å²) in [5.41, 5.74) is 9.08. The Hall–Kier alpha value is -1.65. The maximum absolute atomic E-state index is 9.92. The van der Waals surface area contributed by atoms with Gasteiger partial charge in [-0.25, -0.2) is 0 Å². The van der Waals surface area contributed by atoms with E-state index in [1.165, 1.54) is 5.56 Å². The SMILES string of the molecule is Cc1cccc(C(CN)(CO)CCc2ccnn2C)c1. The average Bonchev–Trinajstić information content (AvgIpc) is 2.86. The number of aliphatic hydroxyl groups is 1. The van der Waals surface area contributed by atoms with Gasteiger partial charge in [0.05, 0.1) is 6.61 Å². The molecule has 1 unspecified atom stereocenters. The van der Waals surface area contributed by atoms with E-state index in [0.29, 0.717) is 6.54 Å². The van der Waals surface area contributed by atoms with Crippen LogP contribution in [-0.4, -0.2) is 28.0 Å². The quantitative estimate of drug-likeness (QED) is 0.839. The van der Waals surface area contributed by atoms with E-state index in [1.807, 2.05) is 23.9 Å². The van der Waals surface area contributed by atoms with Gasteiger partial charge in [-0.1, -0.05) is 29.8 Å². The lowest BCUT2D eigenvalue weighted by Gasteiger charge is -2.31. The molecule has 0 bridgehead atoms. The van der Waals surface area contributed by atoms with Crippen LogP contribution < -0.4 is 5.73 Å². The number of rotatable bonds is 6. The van der Waals surface area contributed by atoms with E-state index in [2.05, 4.69) is 30.2 Å². The zero-order valence-electron chi connectivity index (χ0n) is 12.2. The zero-order valence-corrected chi connectivity index (χ0v) is 12.2. The minimum Gasteiger partial charge on any atom is -0.395 e. The Balaban J connectivity index is 2.23. The number of benzene rings is 1. The topological polar surface area (TPSA) is 64.1 Å². The number of aryl methyl sites for hydroxylation is 3. The first-order valence-electron chi connectivity index (χ1n) is 6.96. The van der Waals surface area contributed by atoms with Gasteiger partial charge in [0.1, 0.15) is 0 Å². The summed E-state index contributed by atoms with van der Waals surface area (Å²) in [6.07, 6.45) is 3.45. The summed E-state index contributed by atoms with van der Waals surface area (Å²) in [6.45, 7) is 2.55. The summed E-state index contributed by atoms with van der Waals surface area (Å²) in [5, 5.41) is 14.1. The first-order chi connectivity index (χ1) is 9.61. The fourth-order valence-corrected chi connectivity index (χ4v) is 2.59. The number of nitrogens with two attached hydrogens (primary N) is 1. The molecule has 0 aliphatic carbocycles. The molecule has 0 aliphatic heterocycles. The fraction of sp³-hybridized carbons (Fsp3) is 0.438. The van der Waals surface area contributed by atoms with Crippen LogP contribution in [0.5, 0.6) is 0 Å². The number of hydrogen-bond acceptors (Lipinski definition) is 3. The molecular formula is C16H23N3O. The molecule has 0 aliphatic rings. The second-order valence-corrected chi connectivity index (χ2v) is 5.46. The van der Waals surface area contributed by atoms with Gasteiger partial charge >= 0.3 is 0 Å². The van der Waals surface area contributed by atoms with Gasteiger partial charge in [-0.15, -0.1) is 0 Å². The molecule has 0 radical (unpaired) electrons. The summed E-state index contributed by atoms with van der Waals surface area (Å²) in [5.74, 6) is 0. The molecular weight excluding hydrogens is 250 g/mol. The lowest BCUT2D eigenvalue weighted by molar-refractivity contribution is 0.187. The lowest BCUT2D eigenvalue weighted by atomic mass is 9.76. The molecule has 0 amide bonds. The second-order valence-electron chi connectivity index (χ2n) is 5.46. The summed E-state index contributed by atoms with van der Waals surface area (Å²) in [7, 11) is 1.94. The Kier molecular flexibility index (Phi) is 4.57. The highest BCUT2D eigenvalue weighted by molar-refractivity contribution is 5.30. The van der Waals surface area contributed by atoms with Crippen molar-refractivity contribution in [1.82, 2.24) is 9.78 Å². The van der Waals surface area contributed by atoms with Crippen LogP contribution in [-0.2, 0) is 18.9 Å². The van der Waals surface area contributed by atoms with Crippen molar-refractivity contribution in [2.75, 3.05) is 13.2 Å². The van der Waals surface area contributed by atoms with Gasteiger partial charge in [0.2, 0.25) is 0 Å². The molecule has 1 aromatic carbocycles. The molecule has 0 spiro atoms. The van der Waals surface area contributed by atoms with E-state index in [-0.39, 0.29) is 12.0 Å². The van der Waals surface area contributed by atoms with Crippen molar-refractivity contribution in [3.63, 3.8) is 0 Å². The Morgan fingerprint density at radius 3 is 2.70 bits per heavy atom. The predicted molar refractivity (Wildman–Crippen MR) is 80.5 cm³/mol. The molecule has 3 N–H and O–H groups in total. The average molecular weight is 273 g/mol. The van der Waals surface area contributed by atoms with Crippen molar-refractivity contribution < 1.29 is 5.11 Å². The monoisotopic (exact) mass is 273 g/mol. The lowest BCUT2D eigenvalue weighted by Crippen LogP contribution is -2.39. The molecule has 2 rings (SSSR count). The van der Waals surface area contributed by atoms with Gasteiger partial charge in [0.15, 0.2) is 0 Å². The molecule has 20 heavy (non-hydrogen) atoms. The van der Waals surface area contributed by atoms with Gasteiger partial charge < -0.3 is 10.8 Å². The van der Waals surface area contributed by atoms with Crippen molar-refractivity contribution in [3.05, 3.63) is 53.3 Å². The molecule has 4 nitrogen and oxygen atoms in total. The summed E-state index contributed by atoms with van der Waals surface area (Å²) in [6, 6.07) is 10.3. The van der Waals surface area contributed by atoms with E-state index in [4.69, 9.17) is 5.73 Å². The van der Waals surface area contributed by atoms with Crippen LogP contribution in [0.1, 0.15) is 23.2 Å². The molecule has 108 valence electrons. The van der Waals surface area contributed by atoms with Crippen LogP contribution in [0.25, 0.3) is 0 Å². The number of aromatic nitrogens is 2. The van der Waals surface area contributed by atoms with Gasteiger partial charge in [0, 0.05) is 30.9 Å². The van der Waals surface area contributed by atoms with Crippen LogP contribution in [0.15, 0.2) is 36.5 Å². The molecule has 2 aromatic rings. The first kappa shape index (κ1) is 14.8. The smallest absolute Gasteiger partial charge is 0.0540 e. The molecule has 1 atom stereocenters. The molecule has 1 aromatic heterocycles. The molecule has 0 saturated carbocycles. The Morgan fingerprint density at radius 1 is 1.35 bits per heavy atom. The van der Waals surface area contributed by atoms with Crippen molar-refractivity contribution in [3.8, 4) is 0 Å². The third-order valence-corrected chi connectivity index (χ3v) is 4.11. The highest BCUT2D eigenvalue weighted by Crippen LogP contribution is 2.29. The third kappa shape index (κ3) is 2.92. The molecule has 0 saturated heterocycles. The normalized spacial score (nSPS) is 14.2. The third-order valence-electron chi connectivity index (χ3n) is 4.11. The van der Waals surface area contributed by atoms with E-state index in [1.54, 1.807) is 6.20 Å². The largest absolute Gasteiger partial charge is 0.395 e. The Morgan fingerprint density at radius 2 is 2.15 bits per heavy atom. The maximum Gasteiger partial charge on any atom is 0.0540 e. The zero-order chi connectivity index (χ0) is 14.6. The second kappa shape index (κ2) is 6.20. The minimum atomic E-state index is -0.379. The van der Waals surface area contributed by atoms with Gasteiger partial charge in [-0.3, -0.25) is 4.68 Å². The van der Waals surface area contributed by atoms with Crippen molar-refractivity contribution in [2.45, 2.75) is 25.2 Å². The number of aliphatic hydroxyl groups excluding tert-OH is 1. The predicted octanol–water partition coefficient (Wildman–Crippen LogP) is 1.55. The van der Waals surface area contributed by atoms with Crippen LogP contribution in [0.3, 0.4) is 0 Å². The van der Waals surface area contributed by atoms with Gasteiger partial charge in [0.25, 0.3) is 0 Å². The summed E-state index contributed by atoms with van der Waals surface area (Å²) >= 11 is 0. The van der Waals surface area contributed by atoms with Gasteiger partial charge in [-0.2, -0.15) is 5.10 Å². The van der Waals surface area contributed by atoms with Crippen molar-refractivity contribution in [2.24, 2.45) is 12.8 Å².